The molecule has 1 fully saturated rings. The van der Waals surface area contributed by atoms with Crippen LogP contribution in [0.4, 0.5) is 11.4 Å². The van der Waals surface area contributed by atoms with Crippen molar-refractivity contribution in [3.63, 3.8) is 0 Å². The Hall–Kier alpha value is -2.93. The fourth-order valence-corrected chi connectivity index (χ4v) is 8.38. The summed E-state index contributed by atoms with van der Waals surface area (Å²) < 4.78 is 79.7. The highest BCUT2D eigenvalue weighted by molar-refractivity contribution is 7.93. The molecule has 9 nitrogen and oxygen atoms in total. The van der Waals surface area contributed by atoms with E-state index in [9.17, 15) is 30.4 Å². The van der Waals surface area contributed by atoms with E-state index in [4.69, 9.17) is 0 Å². The molecule has 4 rings (SSSR count). The fraction of sp³-hybridized carbons (Fsp3) is 0.182. The molecule has 0 aliphatic carbocycles. The van der Waals surface area contributed by atoms with Crippen molar-refractivity contribution < 1.29 is 30.4 Å². The first-order chi connectivity index (χ1) is 16.0. The SMILES string of the molecule is O=S1(=O)C[C@@H](O)[C@@H](N(c2ccc(NS(=O)(=O)c3ccccc3)cc2)S(=O)(=O)c2ccccc2)C1. The van der Waals surface area contributed by atoms with Crippen molar-refractivity contribution in [1.82, 2.24) is 0 Å². The molecule has 0 aromatic heterocycles. The molecule has 12 heteroatoms. The van der Waals surface area contributed by atoms with Crippen LogP contribution >= 0.6 is 0 Å². The molecule has 0 radical (unpaired) electrons. The van der Waals surface area contributed by atoms with E-state index in [1.165, 1.54) is 60.7 Å². The summed E-state index contributed by atoms with van der Waals surface area (Å²) >= 11 is 0. The number of hydrogen-bond donors (Lipinski definition) is 2. The van der Waals surface area contributed by atoms with Gasteiger partial charge in [0.25, 0.3) is 20.0 Å². The summed E-state index contributed by atoms with van der Waals surface area (Å²) in [6.07, 6.45) is -1.42. The first-order valence-electron chi connectivity index (χ1n) is 10.2. The van der Waals surface area contributed by atoms with Crippen LogP contribution in [0.25, 0.3) is 0 Å². The van der Waals surface area contributed by atoms with Gasteiger partial charge in [0.2, 0.25) is 0 Å². The average molecular weight is 523 g/mol. The van der Waals surface area contributed by atoms with E-state index in [0.29, 0.717) is 0 Å². The third kappa shape index (κ3) is 4.94. The molecule has 0 saturated carbocycles. The molecule has 34 heavy (non-hydrogen) atoms. The second-order valence-corrected chi connectivity index (χ2v) is 13.4. The molecule has 0 bridgehead atoms. The molecule has 1 saturated heterocycles. The van der Waals surface area contributed by atoms with Gasteiger partial charge in [-0.3, -0.25) is 9.03 Å². The highest BCUT2D eigenvalue weighted by Crippen LogP contribution is 2.32. The zero-order chi connectivity index (χ0) is 24.6. The van der Waals surface area contributed by atoms with Gasteiger partial charge in [0.15, 0.2) is 9.84 Å². The van der Waals surface area contributed by atoms with Gasteiger partial charge in [-0.25, -0.2) is 25.3 Å². The van der Waals surface area contributed by atoms with Gasteiger partial charge in [-0.2, -0.15) is 0 Å². The highest BCUT2D eigenvalue weighted by atomic mass is 32.2. The van der Waals surface area contributed by atoms with Crippen LogP contribution in [0.2, 0.25) is 0 Å². The van der Waals surface area contributed by atoms with E-state index in [1.54, 1.807) is 24.3 Å². The van der Waals surface area contributed by atoms with E-state index in [0.717, 1.165) is 4.31 Å². The van der Waals surface area contributed by atoms with Gasteiger partial charge in [0, 0.05) is 5.69 Å². The normalized spacial score (nSPS) is 20.0. The Morgan fingerprint density at radius 3 is 1.79 bits per heavy atom. The number of rotatable bonds is 7. The number of anilines is 2. The van der Waals surface area contributed by atoms with Crippen LogP contribution < -0.4 is 9.03 Å². The summed E-state index contributed by atoms with van der Waals surface area (Å²) in [6, 6.07) is 19.4. The molecule has 0 spiro atoms. The van der Waals surface area contributed by atoms with Crippen LogP contribution in [0.15, 0.2) is 94.7 Å². The highest BCUT2D eigenvalue weighted by Gasteiger charge is 2.45. The predicted molar refractivity (Wildman–Crippen MR) is 128 cm³/mol. The van der Waals surface area contributed by atoms with E-state index < -0.39 is 53.5 Å². The first-order valence-corrected chi connectivity index (χ1v) is 14.9. The lowest BCUT2D eigenvalue weighted by Gasteiger charge is -2.31. The van der Waals surface area contributed by atoms with Crippen molar-refractivity contribution in [3.8, 4) is 0 Å². The van der Waals surface area contributed by atoms with Gasteiger partial charge in [-0.15, -0.1) is 0 Å². The molecule has 180 valence electrons. The Morgan fingerprint density at radius 1 is 0.765 bits per heavy atom. The molecule has 3 aromatic carbocycles. The Balaban J connectivity index is 1.71. The maximum atomic E-state index is 13.5. The zero-order valence-electron chi connectivity index (χ0n) is 17.7. The van der Waals surface area contributed by atoms with Gasteiger partial charge in [-0.05, 0) is 48.5 Å². The smallest absolute Gasteiger partial charge is 0.264 e. The maximum absolute atomic E-state index is 13.5. The first kappa shape index (κ1) is 24.2. The van der Waals surface area contributed by atoms with Crippen LogP contribution in [0.1, 0.15) is 0 Å². The van der Waals surface area contributed by atoms with Gasteiger partial charge in [0.05, 0.1) is 39.1 Å². The topological polar surface area (TPSA) is 138 Å². The minimum absolute atomic E-state index is 0.0617. The minimum atomic E-state index is -4.24. The quantitative estimate of drug-likeness (QED) is 0.483. The molecule has 1 aliphatic rings. The third-order valence-corrected chi connectivity index (χ3v) is 10.3. The van der Waals surface area contributed by atoms with Crippen molar-refractivity contribution in [1.29, 1.82) is 0 Å². The van der Waals surface area contributed by atoms with Crippen LogP contribution in [-0.4, -0.2) is 54.0 Å². The maximum Gasteiger partial charge on any atom is 0.264 e. The number of nitrogens with one attached hydrogen (secondary N) is 1. The Morgan fingerprint density at radius 2 is 1.29 bits per heavy atom. The lowest BCUT2D eigenvalue weighted by Crippen LogP contribution is -2.47. The molecular weight excluding hydrogens is 500 g/mol. The van der Waals surface area contributed by atoms with Crippen LogP contribution in [-0.2, 0) is 29.9 Å². The predicted octanol–water partition coefficient (Wildman–Crippen LogP) is 1.84. The summed E-state index contributed by atoms with van der Waals surface area (Å²) in [5.74, 6) is -1.09. The fourth-order valence-electron chi connectivity index (χ4n) is 3.74. The lowest BCUT2D eigenvalue weighted by atomic mass is 10.2. The van der Waals surface area contributed by atoms with E-state index in [2.05, 4.69) is 4.72 Å². The summed E-state index contributed by atoms with van der Waals surface area (Å²) in [5.41, 5.74) is 0.275. The summed E-state index contributed by atoms with van der Waals surface area (Å²) in [4.78, 5) is -0.00741. The zero-order valence-corrected chi connectivity index (χ0v) is 20.2. The monoisotopic (exact) mass is 522 g/mol. The molecule has 1 heterocycles. The number of sulfonamides is 2. The van der Waals surface area contributed by atoms with Crippen molar-refractivity contribution in [3.05, 3.63) is 84.9 Å². The van der Waals surface area contributed by atoms with Crippen molar-refractivity contribution in [2.24, 2.45) is 0 Å². The number of nitrogens with zero attached hydrogens (tertiary/aromatic N) is 1. The van der Waals surface area contributed by atoms with Gasteiger partial charge in [0.1, 0.15) is 0 Å². The molecule has 0 unspecified atom stereocenters. The molecule has 0 amide bonds. The molecule has 1 aliphatic heterocycles. The van der Waals surface area contributed by atoms with E-state index in [-0.39, 0.29) is 21.2 Å². The number of hydrogen-bond acceptors (Lipinski definition) is 7. The number of benzene rings is 3. The Kier molecular flexibility index (Phi) is 6.42. The molecule has 2 atom stereocenters. The van der Waals surface area contributed by atoms with Gasteiger partial charge < -0.3 is 5.11 Å². The molecule has 3 aromatic rings. The molecule has 2 N–H and O–H groups in total. The summed E-state index contributed by atoms with van der Waals surface area (Å²) in [7, 11) is -11.8. The number of sulfone groups is 1. The minimum Gasteiger partial charge on any atom is -0.390 e. The second-order valence-electron chi connectivity index (χ2n) is 7.79. The average Bonchev–Trinajstić information content (AvgIpc) is 3.07. The van der Waals surface area contributed by atoms with E-state index in [1.807, 2.05) is 0 Å². The van der Waals surface area contributed by atoms with Crippen molar-refractivity contribution in [2.45, 2.75) is 21.9 Å². The largest absolute Gasteiger partial charge is 0.390 e. The second kappa shape index (κ2) is 9.02. The number of aliphatic hydroxyl groups is 1. The van der Waals surface area contributed by atoms with Gasteiger partial charge in [-0.1, -0.05) is 36.4 Å². The van der Waals surface area contributed by atoms with Crippen molar-refractivity contribution >= 4 is 41.3 Å². The van der Waals surface area contributed by atoms with Crippen molar-refractivity contribution in [2.75, 3.05) is 20.5 Å². The van der Waals surface area contributed by atoms with Gasteiger partial charge >= 0.3 is 0 Å². The standard InChI is InChI=1S/C22H22N2O7S3/c25-22-16-32(26,27)15-21(22)24(34(30,31)20-9-5-2-6-10-20)18-13-11-17(12-14-18)23-33(28,29)19-7-3-1-4-8-19/h1-14,21-23,25H,15-16H2/t21-,22+/m0/s1. The lowest BCUT2D eigenvalue weighted by molar-refractivity contribution is 0.184. The van der Waals surface area contributed by atoms with Crippen LogP contribution in [0.5, 0.6) is 0 Å². The Labute approximate surface area is 198 Å². The number of aliphatic hydroxyl groups excluding tert-OH is 1. The third-order valence-electron chi connectivity index (χ3n) is 5.32. The summed E-state index contributed by atoms with van der Waals surface area (Å²) in [5, 5.41) is 10.4. The summed E-state index contributed by atoms with van der Waals surface area (Å²) in [6.45, 7) is 0. The van der Waals surface area contributed by atoms with Crippen LogP contribution in [0.3, 0.4) is 0 Å². The van der Waals surface area contributed by atoms with E-state index >= 15 is 0 Å². The Bertz CT molecular complexity index is 1480. The van der Waals surface area contributed by atoms with Crippen LogP contribution in [0, 0.1) is 0 Å². The molecular formula is C22H22N2O7S3.